The van der Waals surface area contributed by atoms with Crippen LogP contribution in [0.2, 0.25) is 0 Å². The lowest BCUT2D eigenvalue weighted by Crippen LogP contribution is -2.50. The fourth-order valence-corrected chi connectivity index (χ4v) is 4.06. The van der Waals surface area contributed by atoms with Crippen LogP contribution in [0.3, 0.4) is 0 Å². The van der Waals surface area contributed by atoms with Gasteiger partial charge in [-0.1, -0.05) is 6.07 Å². The summed E-state index contributed by atoms with van der Waals surface area (Å²) in [6.45, 7) is 3.01. The van der Waals surface area contributed by atoms with Gasteiger partial charge < -0.3 is 14.6 Å². The smallest absolute Gasteiger partial charge is 0.432 e. The van der Waals surface area contributed by atoms with Gasteiger partial charge >= 0.3 is 6.18 Å². The average molecular weight is 445 g/mol. The molecule has 0 aliphatic carbocycles. The molecule has 168 valence electrons. The quantitative estimate of drug-likeness (QED) is 0.578. The molecule has 4 rings (SSSR count). The minimum atomic E-state index is -4.88. The number of hydrogen-bond acceptors (Lipinski definition) is 6. The molecule has 0 fully saturated rings. The molecule has 9 heteroatoms. The second kappa shape index (κ2) is 8.05. The lowest BCUT2D eigenvalue weighted by Gasteiger charge is -2.38. The van der Waals surface area contributed by atoms with E-state index in [0.717, 1.165) is 6.92 Å². The highest BCUT2D eigenvalue weighted by Crippen LogP contribution is 2.45. The molecule has 0 saturated carbocycles. The van der Waals surface area contributed by atoms with E-state index in [1.807, 2.05) is 0 Å². The van der Waals surface area contributed by atoms with E-state index in [2.05, 4.69) is 15.0 Å². The maximum Gasteiger partial charge on any atom is 0.432 e. The number of fused-ring (bicyclic) bond motifs is 2. The van der Waals surface area contributed by atoms with Crippen molar-refractivity contribution in [3.8, 4) is 11.5 Å². The first-order valence-electron chi connectivity index (χ1n) is 10.0. The fourth-order valence-electron chi connectivity index (χ4n) is 4.06. The highest BCUT2D eigenvalue weighted by molar-refractivity contribution is 6.02. The van der Waals surface area contributed by atoms with Crippen LogP contribution in [0.25, 0.3) is 10.9 Å². The lowest BCUT2D eigenvalue weighted by molar-refractivity contribution is -0.0768. The maximum atomic E-state index is 14.3. The minimum Gasteiger partial charge on any atom is -0.497 e. The molecule has 1 aliphatic rings. The standard InChI is InChI=1S/C23H22F3N3O3/c1-13-27-12-16-18(28-13)5-4-6-19(16)29-21(23(24,25)26)22(2,30)17-9-10-32-20-8-7-14(31-3)11-15(17)20/h4-8,11-12,17,30H,9-10H2,1-3H3. The zero-order valence-corrected chi connectivity index (χ0v) is 17.8. The topological polar surface area (TPSA) is 76.8 Å². The summed E-state index contributed by atoms with van der Waals surface area (Å²) in [5, 5.41) is 11.7. The van der Waals surface area contributed by atoms with E-state index in [-0.39, 0.29) is 18.7 Å². The number of halogens is 3. The number of methoxy groups -OCH3 is 1. The number of aliphatic imine (C=N–C) groups is 1. The van der Waals surface area contributed by atoms with Gasteiger partial charge in [-0.25, -0.2) is 15.0 Å². The molecule has 0 bridgehead atoms. The number of rotatable bonds is 4. The third-order valence-electron chi connectivity index (χ3n) is 5.64. The summed E-state index contributed by atoms with van der Waals surface area (Å²) >= 11 is 0. The van der Waals surface area contributed by atoms with Crippen LogP contribution >= 0.6 is 0 Å². The molecule has 2 aromatic carbocycles. The molecule has 2 heterocycles. The summed E-state index contributed by atoms with van der Waals surface area (Å²) in [6.07, 6.45) is -3.26. The minimum absolute atomic E-state index is 0.0352. The van der Waals surface area contributed by atoms with Crippen LogP contribution in [0, 0.1) is 6.92 Å². The number of aryl methyl sites for hydroxylation is 1. The first-order chi connectivity index (χ1) is 15.1. The Hall–Kier alpha value is -3.20. The third kappa shape index (κ3) is 4.00. The summed E-state index contributed by atoms with van der Waals surface area (Å²) < 4.78 is 53.6. The van der Waals surface area contributed by atoms with Crippen LogP contribution in [0.4, 0.5) is 18.9 Å². The van der Waals surface area contributed by atoms with E-state index < -0.39 is 23.4 Å². The van der Waals surface area contributed by atoms with Crippen LogP contribution in [0.5, 0.6) is 11.5 Å². The molecule has 0 saturated heterocycles. The SMILES string of the molecule is COc1ccc2c(c1)C(C(C)(O)C(=Nc1cccc3nc(C)ncc13)C(F)(F)F)CCO2. The molecule has 32 heavy (non-hydrogen) atoms. The Morgan fingerprint density at radius 1 is 1.25 bits per heavy atom. The van der Waals surface area contributed by atoms with E-state index in [4.69, 9.17) is 9.47 Å². The summed E-state index contributed by atoms with van der Waals surface area (Å²) in [4.78, 5) is 12.3. The van der Waals surface area contributed by atoms with Gasteiger partial charge in [-0.2, -0.15) is 13.2 Å². The van der Waals surface area contributed by atoms with Gasteiger partial charge in [0.2, 0.25) is 0 Å². The van der Waals surface area contributed by atoms with Crippen LogP contribution in [-0.2, 0) is 0 Å². The number of benzene rings is 2. The Labute approximate surface area is 182 Å². The van der Waals surface area contributed by atoms with Crippen LogP contribution in [0.15, 0.2) is 47.6 Å². The van der Waals surface area contributed by atoms with Gasteiger partial charge in [0.1, 0.15) is 22.9 Å². The van der Waals surface area contributed by atoms with E-state index >= 15 is 0 Å². The largest absolute Gasteiger partial charge is 0.497 e. The number of ether oxygens (including phenoxy) is 2. The van der Waals surface area contributed by atoms with Crippen molar-refractivity contribution in [2.75, 3.05) is 13.7 Å². The van der Waals surface area contributed by atoms with Gasteiger partial charge in [0, 0.05) is 23.1 Å². The molecule has 0 amide bonds. The van der Waals surface area contributed by atoms with Crippen LogP contribution < -0.4 is 9.47 Å². The van der Waals surface area contributed by atoms with E-state index in [1.165, 1.54) is 19.4 Å². The van der Waals surface area contributed by atoms with Crippen molar-refractivity contribution in [3.63, 3.8) is 0 Å². The van der Waals surface area contributed by atoms with Crippen molar-refractivity contribution >= 4 is 22.3 Å². The van der Waals surface area contributed by atoms with Gasteiger partial charge in [-0.15, -0.1) is 0 Å². The molecule has 2 unspecified atom stereocenters. The Bertz CT molecular complexity index is 1190. The summed E-state index contributed by atoms with van der Waals surface area (Å²) in [5.41, 5.74) is -2.68. The summed E-state index contributed by atoms with van der Waals surface area (Å²) in [5.74, 6) is 0.463. The number of alkyl halides is 3. The van der Waals surface area contributed by atoms with Gasteiger partial charge in [-0.05, 0) is 50.6 Å². The second-order valence-electron chi connectivity index (χ2n) is 7.83. The van der Waals surface area contributed by atoms with Crippen LogP contribution in [0.1, 0.15) is 30.7 Å². The lowest BCUT2D eigenvalue weighted by atomic mass is 9.76. The first kappa shape index (κ1) is 22.0. The summed E-state index contributed by atoms with van der Waals surface area (Å²) in [7, 11) is 1.46. The molecule has 1 N–H and O–H groups in total. The molecule has 6 nitrogen and oxygen atoms in total. The Morgan fingerprint density at radius 3 is 2.75 bits per heavy atom. The van der Waals surface area contributed by atoms with Crippen molar-refractivity contribution in [1.29, 1.82) is 0 Å². The number of aromatic nitrogens is 2. The number of hydrogen-bond donors (Lipinski definition) is 1. The molecular formula is C23H22F3N3O3. The average Bonchev–Trinajstić information content (AvgIpc) is 2.75. The van der Waals surface area contributed by atoms with Crippen molar-refractivity contribution in [2.24, 2.45) is 4.99 Å². The highest BCUT2D eigenvalue weighted by Gasteiger charge is 2.52. The molecule has 0 radical (unpaired) electrons. The van der Waals surface area contributed by atoms with E-state index in [1.54, 1.807) is 37.3 Å². The molecule has 2 atom stereocenters. The Balaban J connectivity index is 1.87. The van der Waals surface area contributed by atoms with E-state index in [9.17, 15) is 18.3 Å². The van der Waals surface area contributed by atoms with Gasteiger partial charge in [-0.3, -0.25) is 0 Å². The van der Waals surface area contributed by atoms with Gasteiger partial charge in [0.05, 0.1) is 24.9 Å². The second-order valence-corrected chi connectivity index (χ2v) is 7.83. The molecular weight excluding hydrogens is 423 g/mol. The number of nitrogens with zero attached hydrogens (tertiary/aromatic N) is 3. The molecule has 1 aliphatic heterocycles. The zero-order valence-electron chi connectivity index (χ0n) is 17.8. The third-order valence-corrected chi connectivity index (χ3v) is 5.64. The first-order valence-corrected chi connectivity index (χ1v) is 10.0. The van der Waals surface area contributed by atoms with Crippen molar-refractivity contribution < 1.29 is 27.8 Å². The van der Waals surface area contributed by atoms with Crippen LogP contribution in [-0.4, -0.2) is 46.3 Å². The van der Waals surface area contributed by atoms with Gasteiger partial charge in [0.25, 0.3) is 0 Å². The Morgan fingerprint density at radius 2 is 2.03 bits per heavy atom. The Kier molecular flexibility index (Phi) is 5.54. The number of aliphatic hydroxyl groups is 1. The predicted molar refractivity (Wildman–Crippen MR) is 114 cm³/mol. The predicted octanol–water partition coefficient (Wildman–Crippen LogP) is 4.90. The molecule has 1 aromatic heterocycles. The molecule has 0 spiro atoms. The summed E-state index contributed by atoms with van der Waals surface area (Å²) in [6, 6.07) is 9.58. The van der Waals surface area contributed by atoms with E-state index in [0.29, 0.717) is 33.8 Å². The molecule has 3 aromatic rings. The van der Waals surface area contributed by atoms with Crippen molar-refractivity contribution in [2.45, 2.75) is 38.0 Å². The maximum absolute atomic E-state index is 14.3. The zero-order chi connectivity index (χ0) is 23.1. The highest BCUT2D eigenvalue weighted by atomic mass is 19.4. The van der Waals surface area contributed by atoms with Crippen molar-refractivity contribution in [3.05, 3.63) is 54.0 Å². The van der Waals surface area contributed by atoms with Crippen molar-refractivity contribution in [1.82, 2.24) is 9.97 Å². The fraction of sp³-hybridized carbons (Fsp3) is 0.348. The monoisotopic (exact) mass is 445 g/mol. The van der Waals surface area contributed by atoms with Gasteiger partial charge in [0.15, 0.2) is 5.71 Å². The normalized spacial score (nSPS) is 18.6.